The molecular formula is C13H28N2S2. The van der Waals surface area contributed by atoms with Gasteiger partial charge in [0.1, 0.15) is 0 Å². The molecule has 0 amide bonds. The minimum atomic E-state index is 0.196. The second kappa shape index (κ2) is 6.18. The van der Waals surface area contributed by atoms with Crippen LogP contribution in [0.5, 0.6) is 0 Å². The van der Waals surface area contributed by atoms with Gasteiger partial charge in [-0.25, -0.2) is 0 Å². The van der Waals surface area contributed by atoms with E-state index in [4.69, 9.17) is 5.73 Å². The van der Waals surface area contributed by atoms with Crippen molar-refractivity contribution in [2.75, 3.05) is 37.1 Å². The number of thioether (sulfide) groups is 2. The highest BCUT2D eigenvalue weighted by atomic mass is 32.2. The second-order valence-electron chi connectivity index (χ2n) is 6.18. The number of hydrogen-bond donors (Lipinski definition) is 1. The lowest BCUT2D eigenvalue weighted by Gasteiger charge is -2.51. The molecule has 0 aromatic carbocycles. The van der Waals surface area contributed by atoms with Gasteiger partial charge in [-0.1, -0.05) is 13.8 Å². The Hall–Kier alpha value is 0.620. The van der Waals surface area contributed by atoms with Gasteiger partial charge >= 0.3 is 0 Å². The summed E-state index contributed by atoms with van der Waals surface area (Å²) < 4.78 is 0. The third-order valence-corrected chi connectivity index (χ3v) is 6.41. The van der Waals surface area contributed by atoms with Crippen LogP contribution in [0.1, 0.15) is 27.2 Å². The van der Waals surface area contributed by atoms with E-state index in [-0.39, 0.29) is 5.54 Å². The van der Waals surface area contributed by atoms with Gasteiger partial charge in [0.05, 0.1) is 0 Å². The van der Waals surface area contributed by atoms with Gasteiger partial charge in [-0.15, -0.1) is 0 Å². The fourth-order valence-electron chi connectivity index (χ4n) is 2.83. The van der Waals surface area contributed by atoms with Gasteiger partial charge in [0.2, 0.25) is 0 Å². The van der Waals surface area contributed by atoms with E-state index in [9.17, 15) is 0 Å². The number of nitrogens with two attached hydrogens (primary N) is 1. The van der Waals surface area contributed by atoms with E-state index in [0.717, 1.165) is 6.54 Å². The van der Waals surface area contributed by atoms with E-state index in [2.05, 4.69) is 50.7 Å². The number of nitrogens with zero attached hydrogens (tertiary/aromatic N) is 1. The van der Waals surface area contributed by atoms with Crippen molar-refractivity contribution < 1.29 is 0 Å². The Morgan fingerprint density at radius 1 is 1.41 bits per heavy atom. The molecule has 1 aliphatic heterocycles. The molecule has 1 fully saturated rings. The van der Waals surface area contributed by atoms with Crippen molar-refractivity contribution >= 4 is 23.5 Å². The summed E-state index contributed by atoms with van der Waals surface area (Å²) in [5, 5.41) is 0. The van der Waals surface area contributed by atoms with Crippen molar-refractivity contribution in [2.45, 2.75) is 38.8 Å². The summed E-state index contributed by atoms with van der Waals surface area (Å²) >= 11 is 3.99. The van der Waals surface area contributed by atoms with E-state index in [1.165, 1.54) is 23.7 Å². The van der Waals surface area contributed by atoms with Crippen LogP contribution < -0.4 is 5.73 Å². The van der Waals surface area contributed by atoms with E-state index < -0.39 is 0 Å². The summed E-state index contributed by atoms with van der Waals surface area (Å²) in [4.78, 5) is 2.54. The predicted molar refractivity (Wildman–Crippen MR) is 83.1 cm³/mol. The molecule has 2 nitrogen and oxygen atoms in total. The third-order valence-electron chi connectivity index (χ3n) is 3.87. The molecule has 1 aliphatic rings. The first-order valence-electron chi connectivity index (χ1n) is 6.36. The molecule has 2 N–H and O–H groups in total. The van der Waals surface area contributed by atoms with Gasteiger partial charge in [-0.2, -0.15) is 23.5 Å². The van der Waals surface area contributed by atoms with Gasteiger partial charge in [-0.3, -0.25) is 4.90 Å². The molecule has 0 saturated carbocycles. The molecule has 0 spiro atoms. The molecule has 0 bridgehead atoms. The molecule has 1 heterocycles. The van der Waals surface area contributed by atoms with Gasteiger partial charge in [0.15, 0.2) is 0 Å². The highest BCUT2D eigenvalue weighted by molar-refractivity contribution is 7.99. The smallest absolute Gasteiger partial charge is 0.0427 e. The average molecular weight is 277 g/mol. The fourth-order valence-corrected chi connectivity index (χ4v) is 5.10. The first-order valence-corrected chi connectivity index (χ1v) is 8.91. The van der Waals surface area contributed by atoms with Crippen LogP contribution in [-0.4, -0.2) is 53.6 Å². The largest absolute Gasteiger partial charge is 0.329 e. The van der Waals surface area contributed by atoms with Gasteiger partial charge < -0.3 is 5.73 Å². The number of hydrogen-bond acceptors (Lipinski definition) is 4. The second-order valence-corrected chi connectivity index (χ2v) is 8.07. The number of rotatable bonds is 5. The summed E-state index contributed by atoms with van der Waals surface area (Å²) in [6, 6.07) is 0.600. The Labute approximate surface area is 115 Å². The molecule has 0 radical (unpaired) electrons. The van der Waals surface area contributed by atoms with Gasteiger partial charge in [0.25, 0.3) is 0 Å². The molecule has 0 aliphatic carbocycles. The molecule has 1 saturated heterocycles. The minimum absolute atomic E-state index is 0.196. The maximum Gasteiger partial charge on any atom is 0.0427 e. The average Bonchev–Trinajstić information content (AvgIpc) is 2.26. The summed E-state index contributed by atoms with van der Waals surface area (Å²) in [6.07, 6.45) is 3.40. The van der Waals surface area contributed by atoms with Crippen LogP contribution in [0.2, 0.25) is 0 Å². The quantitative estimate of drug-likeness (QED) is 0.835. The standard InChI is InChI=1S/C13H28N2S2/c1-11(6-16-5)15(4)13(8-14)7-12(2,3)9-17-10-13/h11H,6-10,14H2,1-5H3. The zero-order valence-electron chi connectivity index (χ0n) is 12.0. The monoisotopic (exact) mass is 276 g/mol. The molecule has 2 atom stereocenters. The highest BCUT2D eigenvalue weighted by Crippen LogP contribution is 2.42. The zero-order valence-corrected chi connectivity index (χ0v) is 13.6. The van der Waals surface area contributed by atoms with Crippen molar-refractivity contribution in [1.82, 2.24) is 4.90 Å². The SMILES string of the molecule is CSCC(C)N(C)C1(CN)CSCC(C)(C)C1. The lowest BCUT2D eigenvalue weighted by Crippen LogP contribution is -2.61. The third kappa shape index (κ3) is 3.79. The van der Waals surface area contributed by atoms with Crippen LogP contribution in [0.3, 0.4) is 0 Å². The molecule has 0 aromatic heterocycles. The van der Waals surface area contributed by atoms with E-state index >= 15 is 0 Å². The van der Waals surface area contributed by atoms with Crippen LogP contribution in [0.25, 0.3) is 0 Å². The van der Waals surface area contributed by atoms with Gasteiger partial charge in [-0.05, 0) is 37.8 Å². The fraction of sp³-hybridized carbons (Fsp3) is 1.00. The lowest BCUT2D eigenvalue weighted by molar-refractivity contribution is 0.0691. The van der Waals surface area contributed by atoms with Crippen molar-refractivity contribution in [3.8, 4) is 0 Å². The molecule has 1 rings (SSSR count). The molecule has 2 unspecified atom stereocenters. The Morgan fingerprint density at radius 2 is 2.06 bits per heavy atom. The molecule has 0 aromatic rings. The maximum atomic E-state index is 6.13. The van der Waals surface area contributed by atoms with Crippen molar-refractivity contribution in [1.29, 1.82) is 0 Å². The summed E-state index contributed by atoms with van der Waals surface area (Å²) in [5.74, 6) is 3.63. The van der Waals surface area contributed by atoms with E-state index in [1.54, 1.807) is 0 Å². The van der Waals surface area contributed by atoms with Gasteiger partial charge in [0, 0.05) is 29.6 Å². The first-order chi connectivity index (χ1) is 7.87. The van der Waals surface area contributed by atoms with Crippen molar-refractivity contribution in [3.63, 3.8) is 0 Å². The van der Waals surface area contributed by atoms with Crippen LogP contribution >= 0.6 is 23.5 Å². The number of likely N-dealkylation sites (N-methyl/N-ethyl adjacent to an activating group) is 1. The summed E-state index contributed by atoms with van der Waals surface area (Å²) in [7, 11) is 2.26. The topological polar surface area (TPSA) is 29.3 Å². The van der Waals surface area contributed by atoms with Crippen LogP contribution in [0, 0.1) is 5.41 Å². The Morgan fingerprint density at radius 3 is 2.53 bits per heavy atom. The first kappa shape index (κ1) is 15.7. The maximum absolute atomic E-state index is 6.13. The van der Waals surface area contributed by atoms with Crippen molar-refractivity contribution in [2.24, 2.45) is 11.1 Å². The summed E-state index contributed by atoms with van der Waals surface area (Å²) in [6.45, 7) is 7.84. The molecule has 4 heteroatoms. The van der Waals surface area contributed by atoms with E-state index in [1.807, 2.05) is 11.8 Å². The highest BCUT2D eigenvalue weighted by Gasteiger charge is 2.43. The zero-order chi connectivity index (χ0) is 13.1. The van der Waals surface area contributed by atoms with Crippen LogP contribution in [0.15, 0.2) is 0 Å². The predicted octanol–water partition coefficient (Wildman–Crippen LogP) is 2.53. The van der Waals surface area contributed by atoms with Crippen LogP contribution in [0.4, 0.5) is 0 Å². The van der Waals surface area contributed by atoms with Crippen molar-refractivity contribution in [3.05, 3.63) is 0 Å². The Kier molecular flexibility index (Phi) is 5.70. The Bertz CT molecular complexity index is 246. The molecule has 102 valence electrons. The van der Waals surface area contributed by atoms with E-state index in [0.29, 0.717) is 11.5 Å². The minimum Gasteiger partial charge on any atom is -0.329 e. The van der Waals surface area contributed by atoms with Crippen LogP contribution in [-0.2, 0) is 0 Å². The molecular weight excluding hydrogens is 248 g/mol. The Balaban J connectivity index is 2.80. The normalized spacial score (nSPS) is 30.5. The lowest BCUT2D eigenvalue weighted by atomic mass is 9.78. The summed E-state index contributed by atoms with van der Waals surface area (Å²) in [5.41, 5.74) is 6.74. The molecule has 17 heavy (non-hydrogen) atoms.